The maximum absolute atomic E-state index is 12.6. The minimum Gasteiger partial charge on any atom is -0.368 e. The van der Waals surface area contributed by atoms with Crippen molar-refractivity contribution in [2.24, 2.45) is 17.2 Å². The molecule has 1 atom stereocenters. The standard InChI is InChI=1S/C30H59N5O3/c1-2-3-4-5-6-7-8-9-10-11-12-13-14-15-16-21-29(37)34-27(20-17-18-23-31)25-35(26-28(33)36)30(38)22-19-24-32/h9-10,27H,2-8,11-26,31-32H2,1H3,(H2,33,36)(H,34,37)/b10-9-/t27-/m0/s1. The van der Waals surface area contributed by atoms with Gasteiger partial charge in [0.15, 0.2) is 0 Å². The summed E-state index contributed by atoms with van der Waals surface area (Å²) in [5, 5.41) is 3.08. The largest absolute Gasteiger partial charge is 0.368 e. The van der Waals surface area contributed by atoms with Gasteiger partial charge in [0.1, 0.15) is 0 Å². The van der Waals surface area contributed by atoms with E-state index in [9.17, 15) is 14.4 Å². The number of carbonyl (C=O) groups is 3. The lowest BCUT2D eigenvalue weighted by Gasteiger charge is -2.28. The SMILES string of the molecule is CCCCCCCC/C=C\CCCCCCCC(=O)N[C@@H](CCCCN)CN(CC(N)=O)C(=O)CCCN. The average molecular weight is 538 g/mol. The topological polar surface area (TPSA) is 145 Å². The molecule has 0 rings (SSSR count). The van der Waals surface area contributed by atoms with Crippen LogP contribution in [0.15, 0.2) is 12.2 Å². The Morgan fingerprint density at radius 1 is 0.737 bits per heavy atom. The molecule has 0 aliphatic rings. The smallest absolute Gasteiger partial charge is 0.237 e. The maximum Gasteiger partial charge on any atom is 0.237 e. The van der Waals surface area contributed by atoms with E-state index in [4.69, 9.17) is 17.2 Å². The number of amides is 3. The van der Waals surface area contributed by atoms with Gasteiger partial charge >= 0.3 is 0 Å². The lowest BCUT2D eigenvalue weighted by molar-refractivity contribution is -0.136. The summed E-state index contributed by atoms with van der Waals surface area (Å²) in [5.74, 6) is -0.732. The molecule has 8 heteroatoms. The number of hydrogen-bond acceptors (Lipinski definition) is 5. The van der Waals surface area contributed by atoms with Crippen molar-refractivity contribution in [3.8, 4) is 0 Å². The van der Waals surface area contributed by atoms with Crippen LogP contribution in [0.5, 0.6) is 0 Å². The molecule has 0 fully saturated rings. The van der Waals surface area contributed by atoms with Gasteiger partial charge in [0, 0.05) is 25.4 Å². The fourth-order valence-electron chi connectivity index (χ4n) is 4.52. The number of nitrogens with one attached hydrogen (secondary N) is 1. The summed E-state index contributed by atoms with van der Waals surface area (Å²) in [6.07, 6.45) is 24.2. The fourth-order valence-corrected chi connectivity index (χ4v) is 4.52. The van der Waals surface area contributed by atoms with Crippen LogP contribution in [0.2, 0.25) is 0 Å². The summed E-state index contributed by atoms with van der Waals surface area (Å²) in [7, 11) is 0. The van der Waals surface area contributed by atoms with E-state index in [2.05, 4.69) is 24.4 Å². The first-order chi connectivity index (χ1) is 18.4. The van der Waals surface area contributed by atoms with Crippen LogP contribution in [0.25, 0.3) is 0 Å². The first-order valence-electron chi connectivity index (χ1n) is 15.3. The highest BCUT2D eigenvalue weighted by Crippen LogP contribution is 2.11. The molecule has 7 N–H and O–H groups in total. The summed E-state index contributed by atoms with van der Waals surface area (Å²) in [6.45, 7) is 3.36. The second-order valence-corrected chi connectivity index (χ2v) is 10.5. The van der Waals surface area contributed by atoms with Gasteiger partial charge in [0.2, 0.25) is 17.7 Å². The van der Waals surface area contributed by atoms with E-state index in [0.717, 1.165) is 38.5 Å². The molecule has 0 unspecified atom stereocenters. The summed E-state index contributed by atoms with van der Waals surface area (Å²) in [4.78, 5) is 38.1. The van der Waals surface area contributed by atoms with Gasteiger partial charge in [-0.2, -0.15) is 0 Å². The summed E-state index contributed by atoms with van der Waals surface area (Å²) >= 11 is 0. The van der Waals surface area contributed by atoms with Crippen LogP contribution in [0.1, 0.15) is 129 Å². The molecule has 0 heterocycles. The van der Waals surface area contributed by atoms with Crippen LogP contribution in [0.3, 0.4) is 0 Å². The molecule has 0 saturated heterocycles. The molecule has 0 aliphatic heterocycles. The third kappa shape index (κ3) is 23.2. The number of nitrogens with two attached hydrogens (primary N) is 3. The molecule has 38 heavy (non-hydrogen) atoms. The van der Waals surface area contributed by atoms with Gasteiger partial charge in [-0.1, -0.05) is 76.9 Å². The molecule has 3 amide bonds. The van der Waals surface area contributed by atoms with Crippen LogP contribution < -0.4 is 22.5 Å². The van der Waals surface area contributed by atoms with Gasteiger partial charge in [-0.25, -0.2) is 0 Å². The lowest BCUT2D eigenvalue weighted by Crippen LogP contribution is -2.48. The second-order valence-electron chi connectivity index (χ2n) is 10.5. The van der Waals surface area contributed by atoms with E-state index in [1.165, 1.54) is 62.7 Å². The predicted molar refractivity (Wildman–Crippen MR) is 158 cm³/mol. The zero-order valence-corrected chi connectivity index (χ0v) is 24.4. The number of nitrogens with zero attached hydrogens (tertiary/aromatic N) is 1. The number of rotatable bonds is 27. The third-order valence-corrected chi connectivity index (χ3v) is 6.77. The number of allylic oxidation sites excluding steroid dienone is 2. The van der Waals surface area contributed by atoms with E-state index in [1.807, 2.05) is 0 Å². The van der Waals surface area contributed by atoms with E-state index in [1.54, 1.807) is 0 Å². The van der Waals surface area contributed by atoms with Crippen molar-refractivity contribution in [1.82, 2.24) is 10.2 Å². The van der Waals surface area contributed by atoms with Gasteiger partial charge in [-0.3, -0.25) is 14.4 Å². The molecule has 0 radical (unpaired) electrons. The van der Waals surface area contributed by atoms with Crippen molar-refractivity contribution in [3.63, 3.8) is 0 Å². The first kappa shape index (κ1) is 36.1. The van der Waals surface area contributed by atoms with E-state index in [0.29, 0.717) is 32.4 Å². The number of unbranched alkanes of at least 4 members (excludes halogenated alkanes) is 12. The van der Waals surface area contributed by atoms with Crippen molar-refractivity contribution >= 4 is 17.7 Å². The van der Waals surface area contributed by atoms with Crippen LogP contribution in [-0.2, 0) is 14.4 Å². The molecule has 0 aromatic heterocycles. The Morgan fingerprint density at radius 3 is 1.89 bits per heavy atom. The number of carbonyl (C=O) groups excluding carboxylic acids is 3. The fraction of sp³-hybridized carbons (Fsp3) is 0.833. The minimum absolute atomic E-state index is 0.00573. The molecular weight excluding hydrogens is 478 g/mol. The minimum atomic E-state index is -0.563. The molecule has 8 nitrogen and oxygen atoms in total. The Hall–Kier alpha value is -1.93. The van der Waals surface area contributed by atoms with Crippen molar-refractivity contribution in [2.45, 2.75) is 135 Å². The second kappa shape index (κ2) is 26.7. The van der Waals surface area contributed by atoms with Gasteiger partial charge in [-0.05, 0) is 64.5 Å². The van der Waals surface area contributed by atoms with Crippen molar-refractivity contribution in [1.29, 1.82) is 0 Å². The Bertz CT molecular complexity index is 627. The van der Waals surface area contributed by atoms with Crippen LogP contribution in [0, 0.1) is 0 Å². The average Bonchev–Trinajstić information content (AvgIpc) is 2.88. The molecular formula is C30H59N5O3. The molecule has 0 aromatic carbocycles. The lowest BCUT2D eigenvalue weighted by atomic mass is 10.1. The Morgan fingerprint density at radius 2 is 1.32 bits per heavy atom. The van der Waals surface area contributed by atoms with Crippen LogP contribution in [-0.4, -0.2) is 54.8 Å². The van der Waals surface area contributed by atoms with Gasteiger partial charge in [0.05, 0.1) is 6.54 Å². The summed E-state index contributed by atoms with van der Waals surface area (Å²) < 4.78 is 0. The quantitative estimate of drug-likeness (QED) is 0.0887. The van der Waals surface area contributed by atoms with Crippen LogP contribution >= 0.6 is 0 Å². The van der Waals surface area contributed by atoms with Gasteiger partial charge in [-0.15, -0.1) is 0 Å². The Labute approximate surface area is 232 Å². The van der Waals surface area contributed by atoms with E-state index >= 15 is 0 Å². The number of primary amides is 1. The number of hydrogen-bond donors (Lipinski definition) is 4. The van der Waals surface area contributed by atoms with E-state index < -0.39 is 5.91 Å². The third-order valence-electron chi connectivity index (χ3n) is 6.77. The van der Waals surface area contributed by atoms with Gasteiger partial charge < -0.3 is 27.4 Å². The molecule has 222 valence electrons. The van der Waals surface area contributed by atoms with E-state index in [-0.39, 0.29) is 37.4 Å². The maximum atomic E-state index is 12.6. The van der Waals surface area contributed by atoms with Crippen molar-refractivity contribution in [2.75, 3.05) is 26.2 Å². The highest BCUT2D eigenvalue weighted by molar-refractivity contribution is 5.84. The normalized spacial score (nSPS) is 12.1. The van der Waals surface area contributed by atoms with Gasteiger partial charge in [0.25, 0.3) is 0 Å². The zero-order chi connectivity index (χ0) is 28.3. The molecule has 0 aromatic rings. The summed E-state index contributed by atoms with van der Waals surface area (Å²) in [6, 6.07) is -0.224. The Kier molecular flexibility index (Phi) is 25.3. The molecule has 0 saturated carbocycles. The summed E-state index contributed by atoms with van der Waals surface area (Å²) in [5.41, 5.74) is 16.5. The zero-order valence-electron chi connectivity index (χ0n) is 24.4. The predicted octanol–water partition coefficient (Wildman–Crippen LogP) is 4.69. The molecule has 0 spiro atoms. The highest BCUT2D eigenvalue weighted by atomic mass is 16.2. The van der Waals surface area contributed by atoms with Crippen molar-refractivity contribution < 1.29 is 14.4 Å². The monoisotopic (exact) mass is 537 g/mol. The van der Waals surface area contributed by atoms with Crippen LogP contribution in [0.4, 0.5) is 0 Å². The highest BCUT2D eigenvalue weighted by Gasteiger charge is 2.21. The molecule has 0 aliphatic carbocycles. The van der Waals surface area contributed by atoms with Crippen molar-refractivity contribution in [3.05, 3.63) is 12.2 Å². The Balaban J connectivity index is 4.22. The molecule has 0 bridgehead atoms. The first-order valence-corrected chi connectivity index (χ1v) is 15.3.